The van der Waals surface area contributed by atoms with Crippen molar-refractivity contribution < 1.29 is 27.5 Å². The van der Waals surface area contributed by atoms with E-state index in [2.05, 4.69) is 0 Å². The van der Waals surface area contributed by atoms with Crippen molar-refractivity contribution in [3.05, 3.63) is 35.1 Å². The van der Waals surface area contributed by atoms with Crippen molar-refractivity contribution in [3.8, 4) is 0 Å². The second-order valence-electron chi connectivity index (χ2n) is 4.19. The molecule has 1 aliphatic rings. The van der Waals surface area contributed by atoms with Gasteiger partial charge >= 0.3 is 6.18 Å². The third-order valence-corrected chi connectivity index (χ3v) is 3.90. The third kappa shape index (κ3) is 2.39. The predicted octanol–water partition coefficient (Wildman–Crippen LogP) is 2.48. The minimum Gasteiger partial charge on any atom is -0.550 e. The molecule has 0 aliphatic heterocycles. The fourth-order valence-electron chi connectivity index (χ4n) is 1.99. The van der Waals surface area contributed by atoms with E-state index in [-0.39, 0.29) is 5.56 Å². The summed E-state index contributed by atoms with van der Waals surface area (Å²) < 4.78 is 48.9. The summed E-state index contributed by atoms with van der Waals surface area (Å²) in [7, 11) is 0. The maximum absolute atomic E-state index is 13.1. The topological polar surface area (TPSA) is 40.1 Å². The van der Waals surface area contributed by atoms with E-state index in [1.54, 1.807) is 0 Å². The Morgan fingerprint density at radius 3 is 2.32 bits per heavy atom. The molecule has 2 nitrogen and oxygen atoms in total. The highest BCUT2D eigenvalue weighted by molar-refractivity contribution is 6.53. The Labute approximate surface area is 114 Å². The van der Waals surface area contributed by atoms with E-state index in [1.165, 1.54) is 0 Å². The number of alkyl halides is 5. The molecule has 19 heavy (non-hydrogen) atoms. The first-order valence-corrected chi connectivity index (χ1v) is 5.77. The van der Waals surface area contributed by atoms with Crippen LogP contribution in [0.15, 0.2) is 18.2 Å². The first-order chi connectivity index (χ1) is 8.56. The zero-order valence-electron chi connectivity index (χ0n) is 8.97. The van der Waals surface area contributed by atoms with Crippen molar-refractivity contribution in [1.82, 2.24) is 0 Å². The number of hydrogen-bond acceptors (Lipinski definition) is 2. The quantitative estimate of drug-likeness (QED) is 0.621. The van der Waals surface area contributed by atoms with Crippen LogP contribution in [0, 0.1) is 11.7 Å². The molecule has 1 aromatic rings. The number of aliphatic carboxylic acids is 1. The molecular weight excluding hydrogens is 311 g/mol. The van der Waals surface area contributed by atoms with Crippen molar-refractivity contribution >= 4 is 29.2 Å². The number of hydrogen-bond donors (Lipinski definition) is 0. The Balaban J connectivity index is 2.42. The van der Waals surface area contributed by atoms with Gasteiger partial charge in [-0.25, -0.2) is 4.39 Å². The van der Waals surface area contributed by atoms with Gasteiger partial charge in [-0.2, -0.15) is 13.2 Å². The van der Waals surface area contributed by atoms with Crippen LogP contribution < -0.4 is 5.11 Å². The van der Waals surface area contributed by atoms with Crippen LogP contribution in [0.1, 0.15) is 17.0 Å². The lowest BCUT2D eigenvalue weighted by Crippen LogP contribution is -2.26. The summed E-state index contributed by atoms with van der Waals surface area (Å²) in [5.41, 5.74) is -1.58. The van der Waals surface area contributed by atoms with Crippen LogP contribution >= 0.6 is 23.2 Å². The summed E-state index contributed by atoms with van der Waals surface area (Å²) in [6.07, 6.45) is -4.88. The molecule has 2 rings (SSSR count). The van der Waals surface area contributed by atoms with Gasteiger partial charge in [0.05, 0.1) is 5.56 Å². The van der Waals surface area contributed by atoms with Crippen LogP contribution in [0.4, 0.5) is 17.6 Å². The Kier molecular flexibility index (Phi) is 3.22. The maximum Gasteiger partial charge on any atom is 0.419 e. The van der Waals surface area contributed by atoms with E-state index < -0.39 is 39.7 Å². The molecule has 8 heteroatoms. The van der Waals surface area contributed by atoms with Gasteiger partial charge in [0.15, 0.2) is 0 Å². The second kappa shape index (κ2) is 4.24. The Morgan fingerprint density at radius 1 is 1.32 bits per heavy atom. The average Bonchev–Trinajstić information content (AvgIpc) is 2.80. The van der Waals surface area contributed by atoms with Gasteiger partial charge in [-0.15, -0.1) is 23.2 Å². The van der Waals surface area contributed by atoms with Gasteiger partial charge in [0.1, 0.15) is 10.2 Å². The van der Waals surface area contributed by atoms with E-state index in [4.69, 9.17) is 23.2 Å². The summed E-state index contributed by atoms with van der Waals surface area (Å²) in [6.45, 7) is 0. The molecule has 0 unspecified atom stereocenters. The molecule has 104 valence electrons. The average molecular weight is 316 g/mol. The molecule has 0 N–H and O–H groups in total. The standard InChI is InChI=1S/C11H6Cl2F4O2/c12-10(13)7(8(10)9(18)19)4-1-2-6(14)5(3-4)11(15,16)17/h1-3,7-8H,(H,18,19)/p-1/t7-,8+/m1/s1. The zero-order chi connectivity index (χ0) is 14.6. The molecule has 1 fully saturated rings. The van der Waals surface area contributed by atoms with Crippen molar-refractivity contribution in [2.75, 3.05) is 0 Å². The molecular formula is C11H5Cl2F4O2-. The number of carboxylic acids is 1. The van der Waals surface area contributed by atoms with E-state index in [0.717, 1.165) is 6.07 Å². The minimum absolute atomic E-state index is 0.0899. The molecule has 0 heterocycles. The fraction of sp³-hybridized carbons (Fsp3) is 0.364. The zero-order valence-corrected chi connectivity index (χ0v) is 10.5. The number of rotatable bonds is 2. The van der Waals surface area contributed by atoms with Crippen LogP contribution in [-0.2, 0) is 11.0 Å². The van der Waals surface area contributed by atoms with Gasteiger partial charge in [-0.3, -0.25) is 0 Å². The molecule has 0 bridgehead atoms. The van der Waals surface area contributed by atoms with Gasteiger partial charge in [-0.05, 0) is 17.7 Å². The number of carbonyl (C=O) groups is 1. The van der Waals surface area contributed by atoms with E-state index >= 15 is 0 Å². The lowest BCUT2D eigenvalue weighted by molar-refractivity contribution is -0.308. The lowest BCUT2D eigenvalue weighted by atomic mass is 10.0. The largest absolute Gasteiger partial charge is 0.550 e. The molecule has 1 saturated carbocycles. The summed E-state index contributed by atoms with van der Waals surface area (Å²) in [6, 6.07) is 2.15. The summed E-state index contributed by atoms with van der Waals surface area (Å²) in [5, 5.41) is 10.7. The van der Waals surface area contributed by atoms with E-state index in [0.29, 0.717) is 12.1 Å². The molecule has 0 saturated heterocycles. The Hall–Kier alpha value is -1.01. The SMILES string of the molecule is O=C([O-])[C@@H]1[C@@H](c2ccc(F)c(C(F)(F)F)c2)C1(Cl)Cl. The van der Waals surface area contributed by atoms with Crippen LogP contribution in [-0.4, -0.2) is 10.3 Å². The van der Waals surface area contributed by atoms with Crippen molar-refractivity contribution in [2.45, 2.75) is 16.4 Å². The van der Waals surface area contributed by atoms with E-state index in [9.17, 15) is 27.5 Å². The summed E-state index contributed by atoms with van der Waals surface area (Å²) in [4.78, 5) is 10.7. The van der Waals surface area contributed by atoms with Gasteiger partial charge in [0.25, 0.3) is 0 Å². The smallest absolute Gasteiger partial charge is 0.419 e. The summed E-state index contributed by atoms with van der Waals surface area (Å²) >= 11 is 11.4. The van der Waals surface area contributed by atoms with Crippen molar-refractivity contribution in [1.29, 1.82) is 0 Å². The molecule has 0 spiro atoms. The van der Waals surface area contributed by atoms with Gasteiger partial charge in [0.2, 0.25) is 0 Å². The molecule has 0 amide bonds. The van der Waals surface area contributed by atoms with Crippen molar-refractivity contribution in [3.63, 3.8) is 0 Å². The van der Waals surface area contributed by atoms with Gasteiger partial charge in [0, 0.05) is 17.8 Å². The molecule has 0 radical (unpaired) electrons. The molecule has 1 aliphatic carbocycles. The number of carboxylic acid groups (broad SMARTS) is 1. The van der Waals surface area contributed by atoms with E-state index in [1.807, 2.05) is 0 Å². The lowest BCUT2D eigenvalue weighted by Gasteiger charge is -2.10. The number of halogens is 6. The second-order valence-corrected chi connectivity index (χ2v) is 5.63. The fourth-order valence-corrected chi connectivity index (χ4v) is 2.80. The monoisotopic (exact) mass is 315 g/mol. The first-order valence-electron chi connectivity index (χ1n) is 5.02. The normalized spacial score (nSPS) is 25.2. The van der Waals surface area contributed by atoms with Crippen LogP contribution in [0.2, 0.25) is 0 Å². The minimum atomic E-state index is -4.88. The Morgan fingerprint density at radius 2 is 1.89 bits per heavy atom. The number of benzene rings is 1. The third-order valence-electron chi connectivity index (χ3n) is 2.96. The predicted molar refractivity (Wildman–Crippen MR) is 57.1 cm³/mol. The van der Waals surface area contributed by atoms with Crippen LogP contribution in [0.5, 0.6) is 0 Å². The molecule has 0 aromatic heterocycles. The van der Waals surface area contributed by atoms with Crippen LogP contribution in [0.3, 0.4) is 0 Å². The molecule has 1 aromatic carbocycles. The highest BCUT2D eigenvalue weighted by atomic mass is 35.5. The van der Waals surface area contributed by atoms with Crippen molar-refractivity contribution in [2.24, 2.45) is 5.92 Å². The highest BCUT2D eigenvalue weighted by Crippen LogP contribution is 2.64. The first kappa shape index (κ1) is 14.4. The van der Waals surface area contributed by atoms with Gasteiger partial charge < -0.3 is 9.90 Å². The van der Waals surface area contributed by atoms with Gasteiger partial charge in [-0.1, -0.05) is 6.07 Å². The Bertz CT molecular complexity index is 542. The highest BCUT2D eigenvalue weighted by Gasteiger charge is 2.64. The molecule has 2 atom stereocenters. The maximum atomic E-state index is 13.1. The number of carbonyl (C=O) groups excluding carboxylic acids is 1. The van der Waals surface area contributed by atoms with Crippen LogP contribution in [0.25, 0.3) is 0 Å². The summed E-state index contributed by atoms with van der Waals surface area (Å²) in [5.74, 6) is -5.38.